The Morgan fingerprint density at radius 3 is 2.80 bits per heavy atom. The molecule has 0 bridgehead atoms. The van der Waals surface area contributed by atoms with Crippen molar-refractivity contribution in [1.29, 1.82) is 0 Å². The number of benzene rings is 1. The van der Waals surface area contributed by atoms with Crippen molar-refractivity contribution in [3.05, 3.63) is 30.6 Å². The molecule has 5 heteroatoms. The number of aromatic nitrogens is 3. The van der Waals surface area contributed by atoms with Gasteiger partial charge >= 0.3 is 0 Å². The maximum absolute atomic E-state index is 5.69. The van der Waals surface area contributed by atoms with Crippen molar-refractivity contribution in [2.45, 2.75) is 0 Å². The first-order chi connectivity index (χ1) is 7.31. The molecular weight excluding hydrogens is 192 g/mol. The van der Waals surface area contributed by atoms with Crippen LogP contribution >= 0.6 is 0 Å². The molecule has 0 saturated carbocycles. The smallest absolute Gasteiger partial charge is 0.185 e. The monoisotopic (exact) mass is 202 g/mol. The van der Waals surface area contributed by atoms with Gasteiger partial charge in [0.25, 0.3) is 0 Å². The Labute approximate surface area is 86.9 Å². The lowest BCUT2D eigenvalue weighted by molar-refractivity contribution is 0.416. The molecule has 15 heavy (non-hydrogen) atoms. The van der Waals surface area contributed by atoms with Crippen molar-refractivity contribution >= 4 is 5.69 Å². The summed E-state index contributed by atoms with van der Waals surface area (Å²) < 4.78 is 5.19. The Hall–Kier alpha value is -2.17. The Morgan fingerprint density at radius 2 is 2.13 bits per heavy atom. The van der Waals surface area contributed by atoms with Gasteiger partial charge in [0.2, 0.25) is 0 Å². The van der Waals surface area contributed by atoms with Crippen molar-refractivity contribution in [3.63, 3.8) is 0 Å². The highest BCUT2D eigenvalue weighted by atomic mass is 16.5. The molecule has 0 unspecified atom stereocenters. The molecule has 2 N–H and O–H groups in total. The first-order valence-corrected chi connectivity index (χ1v) is 4.39. The van der Waals surface area contributed by atoms with Crippen LogP contribution in [-0.2, 0) is 0 Å². The van der Waals surface area contributed by atoms with Gasteiger partial charge in [-0.3, -0.25) is 0 Å². The number of ether oxygens (including phenoxy) is 1. The van der Waals surface area contributed by atoms with Crippen molar-refractivity contribution in [1.82, 2.24) is 15.2 Å². The molecule has 0 aliphatic rings. The predicted octanol–water partition coefficient (Wildman–Crippen LogP) is 1.13. The van der Waals surface area contributed by atoms with Gasteiger partial charge in [0.1, 0.15) is 5.75 Å². The van der Waals surface area contributed by atoms with Gasteiger partial charge in [-0.15, -0.1) is 5.10 Å². The second kappa shape index (κ2) is 3.91. The largest absolute Gasteiger partial charge is 0.496 e. The third kappa shape index (κ3) is 1.85. The summed E-state index contributed by atoms with van der Waals surface area (Å²) in [5.41, 5.74) is 7.07. The van der Waals surface area contributed by atoms with E-state index in [2.05, 4.69) is 15.2 Å². The summed E-state index contributed by atoms with van der Waals surface area (Å²) >= 11 is 0. The fourth-order valence-corrected chi connectivity index (χ4v) is 1.27. The van der Waals surface area contributed by atoms with Crippen LogP contribution in [0.4, 0.5) is 5.69 Å². The first-order valence-electron chi connectivity index (χ1n) is 4.39. The normalized spacial score (nSPS) is 9.93. The first kappa shape index (κ1) is 9.39. The van der Waals surface area contributed by atoms with Crippen molar-refractivity contribution in [2.75, 3.05) is 12.8 Å². The second-order valence-corrected chi connectivity index (χ2v) is 2.93. The minimum Gasteiger partial charge on any atom is -0.496 e. The number of anilines is 1. The molecule has 0 amide bonds. The third-order valence-electron chi connectivity index (χ3n) is 1.95. The number of nitrogen functional groups attached to an aromatic ring is 1. The van der Waals surface area contributed by atoms with Gasteiger partial charge in [0.05, 0.1) is 18.9 Å². The summed E-state index contributed by atoms with van der Waals surface area (Å²) in [5.74, 6) is 1.18. The molecule has 0 spiro atoms. The zero-order chi connectivity index (χ0) is 10.7. The van der Waals surface area contributed by atoms with E-state index in [0.29, 0.717) is 17.3 Å². The zero-order valence-electron chi connectivity index (χ0n) is 8.21. The Balaban J connectivity index is 2.56. The standard InChI is InChI=1S/C10H10N4O/c1-15-9-3-2-7(11)6-8(9)10-12-4-5-13-14-10/h2-6H,11H2,1H3. The number of hydrogen-bond acceptors (Lipinski definition) is 5. The van der Waals surface area contributed by atoms with Crippen LogP contribution in [0.1, 0.15) is 0 Å². The lowest BCUT2D eigenvalue weighted by Crippen LogP contribution is -1.95. The molecule has 0 aliphatic carbocycles. The highest BCUT2D eigenvalue weighted by Crippen LogP contribution is 2.28. The van der Waals surface area contributed by atoms with Crippen LogP contribution in [0.25, 0.3) is 11.4 Å². The summed E-state index contributed by atoms with van der Waals surface area (Å²) in [5, 5.41) is 7.66. The summed E-state index contributed by atoms with van der Waals surface area (Å²) in [6, 6.07) is 5.30. The highest BCUT2D eigenvalue weighted by Gasteiger charge is 2.08. The van der Waals surface area contributed by atoms with E-state index in [0.717, 1.165) is 5.56 Å². The van der Waals surface area contributed by atoms with Gasteiger partial charge in [-0.05, 0) is 18.2 Å². The van der Waals surface area contributed by atoms with Crippen molar-refractivity contribution < 1.29 is 4.74 Å². The Bertz CT molecular complexity index is 458. The number of nitrogens with zero attached hydrogens (tertiary/aromatic N) is 3. The van der Waals surface area contributed by atoms with Crippen LogP contribution in [0, 0.1) is 0 Å². The van der Waals surface area contributed by atoms with E-state index in [4.69, 9.17) is 10.5 Å². The van der Waals surface area contributed by atoms with E-state index in [-0.39, 0.29) is 0 Å². The molecular formula is C10H10N4O. The van der Waals surface area contributed by atoms with Gasteiger partial charge in [-0.25, -0.2) is 4.98 Å². The maximum Gasteiger partial charge on any atom is 0.185 e. The van der Waals surface area contributed by atoms with E-state index < -0.39 is 0 Å². The summed E-state index contributed by atoms with van der Waals surface area (Å²) in [6.07, 6.45) is 3.09. The molecule has 2 aromatic rings. The lowest BCUT2D eigenvalue weighted by atomic mass is 10.1. The molecule has 1 aromatic heterocycles. The van der Waals surface area contributed by atoms with Crippen LogP contribution in [0.3, 0.4) is 0 Å². The summed E-state index contributed by atoms with van der Waals surface area (Å²) in [6.45, 7) is 0. The molecule has 1 heterocycles. The van der Waals surface area contributed by atoms with Gasteiger partial charge in [0, 0.05) is 11.9 Å². The highest BCUT2D eigenvalue weighted by molar-refractivity contribution is 5.68. The Morgan fingerprint density at radius 1 is 1.27 bits per heavy atom. The number of nitrogens with two attached hydrogens (primary N) is 1. The van der Waals surface area contributed by atoms with Crippen LogP contribution in [-0.4, -0.2) is 22.3 Å². The average Bonchev–Trinajstić information content (AvgIpc) is 2.30. The van der Waals surface area contributed by atoms with Gasteiger partial charge < -0.3 is 10.5 Å². The molecule has 0 radical (unpaired) electrons. The van der Waals surface area contributed by atoms with Crippen molar-refractivity contribution in [2.24, 2.45) is 0 Å². The molecule has 0 fully saturated rings. The quantitative estimate of drug-likeness (QED) is 0.739. The minimum absolute atomic E-state index is 0.502. The van der Waals surface area contributed by atoms with Gasteiger partial charge in [0.15, 0.2) is 5.82 Å². The number of rotatable bonds is 2. The summed E-state index contributed by atoms with van der Waals surface area (Å²) in [7, 11) is 1.59. The number of hydrogen-bond donors (Lipinski definition) is 1. The van der Waals surface area contributed by atoms with Crippen molar-refractivity contribution in [3.8, 4) is 17.1 Å². The molecule has 5 nitrogen and oxygen atoms in total. The average molecular weight is 202 g/mol. The van der Waals surface area contributed by atoms with E-state index in [1.807, 2.05) is 0 Å². The van der Waals surface area contributed by atoms with Gasteiger partial charge in [-0.1, -0.05) is 0 Å². The fraction of sp³-hybridized carbons (Fsp3) is 0.100. The maximum atomic E-state index is 5.69. The SMILES string of the molecule is COc1ccc(N)cc1-c1nccnn1. The lowest BCUT2D eigenvalue weighted by Gasteiger charge is -2.06. The van der Waals surface area contributed by atoms with Crippen LogP contribution in [0.5, 0.6) is 5.75 Å². The van der Waals surface area contributed by atoms with E-state index in [9.17, 15) is 0 Å². The molecule has 0 aliphatic heterocycles. The van der Waals surface area contributed by atoms with Crippen LogP contribution in [0.15, 0.2) is 30.6 Å². The molecule has 0 atom stereocenters. The van der Waals surface area contributed by atoms with Gasteiger partial charge in [-0.2, -0.15) is 5.10 Å². The number of methoxy groups -OCH3 is 1. The third-order valence-corrected chi connectivity index (χ3v) is 1.95. The van der Waals surface area contributed by atoms with E-state index in [1.165, 1.54) is 6.20 Å². The molecule has 76 valence electrons. The summed E-state index contributed by atoms with van der Waals surface area (Å²) in [4.78, 5) is 4.09. The second-order valence-electron chi connectivity index (χ2n) is 2.93. The topological polar surface area (TPSA) is 73.9 Å². The fourth-order valence-electron chi connectivity index (χ4n) is 1.27. The van der Waals surface area contributed by atoms with E-state index >= 15 is 0 Å². The Kier molecular flexibility index (Phi) is 2.45. The predicted molar refractivity (Wildman–Crippen MR) is 56.2 cm³/mol. The molecule has 2 rings (SSSR count). The molecule has 0 saturated heterocycles. The minimum atomic E-state index is 0.502. The molecule has 1 aromatic carbocycles. The van der Waals surface area contributed by atoms with Crippen LogP contribution in [0.2, 0.25) is 0 Å². The zero-order valence-corrected chi connectivity index (χ0v) is 8.21. The van der Waals surface area contributed by atoms with E-state index in [1.54, 1.807) is 31.5 Å². The van der Waals surface area contributed by atoms with Crippen LogP contribution < -0.4 is 10.5 Å².